The van der Waals surface area contributed by atoms with Crippen molar-refractivity contribution in [3.63, 3.8) is 0 Å². The average molecular weight is 1390 g/mol. The molecule has 0 rings (SSSR count). The molecule has 0 aliphatic heterocycles. The number of rotatable bonds is 66. The van der Waals surface area contributed by atoms with E-state index in [1.54, 1.807) is 0 Å². The minimum Gasteiger partial charge on any atom is -0.462 e. The van der Waals surface area contributed by atoms with Gasteiger partial charge in [0, 0.05) is 25.7 Å². The van der Waals surface area contributed by atoms with Crippen LogP contribution in [0.2, 0.25) is 0 Å². The summed E-state index contributed by atoms with van der Waals surface area (Å²) in [6, 6.07) is 0. The molecule has 0 saturated carbocycles. The Morgan fingerprint density at radius 1 is 0.302 bits per heavy atom. The molecule has 4 unspecified atom stereocenters. The molecule has 0 saturated heterocycles. The Morgan fingerprint density at radius 3 is 0.854 bits per heavy atom. The molecule has 19 heteroatoms. The van der Waals surface area contributed by atoms with Crippen molar-refractivity contribution in [1.29, 1.82) is 0 Å². The lowest BCUT2D eigenvalue weighted by Gasteiger charge is -2.21. The van der Waals surface area contributed by atoms with Crippen LogP contribution in [0.4, 0.5) is 0 Å². The summed E-state index contributed by atoms with van der Waals surface area (Å²) in [7, 11) is -9.98. The minimum absolute atomic E-state index is 0.0639. The Labute approximate surface area is 579 Å². The summed E-state index contributed by atoms with van der Waals surface area (Å²) >= 11 is 0. The standard InChI is InChI=1S/C77H126O17P2/c1-5-9-13-17-21-25-29-33-35-39-41-45-49-53-57-61-74(79)87-67-72(93-76(81)63-59-55-51-47-43-37-31-27-23-19-15-11-7-3)69-91-95(83,84)89-65-71(78)66-90-96(85,86)92-70-73(94-77(82)64-60-56-52-48-44-38-32-28-24-20-16-12-8-4)68-88-75(80)62-58-54-50-46-42-40-36-34-30-26-22-18-14-10-6-2/h9-10,13-16,19-22,25-28,31-36,41-42,45-46,71-73,78H,5-8,11-12,17-18,23-24,29-30,37-40,43-44,47-70H2,1-4H3,(H,83,84)(H,85,86)/b13-9-,14-10-,19-15-,20-16-,25-21-,26-22-,31-27-,32-28-,35-33-,36-34-,45-41-,46-42-. The predicted molar refractivity (Wildman–Crippen MR) is 390 cm³/mol. The summed E-state index contributed by atoms with van der Waals surface area (Å²) in [5.41, 5.74) is 0. The highest BCUT2D eigenvalue weighted by atomic mass is 31.2. The number of aliphatic hydroxyl groups is 1. The van der Waals surface area contributed by atoms with Crippen molar-refractivity contribution in [2.24, 2.45) is 0 Å². The van der Waals surface area contributed by atoms with Gasteiger partial charge in [-0.1, -0.05) is 225 Å². The van der Waals surface area contributed by atoms with E-state index < -0.39 is 97.5 Å². The predicted octanol–water partition coefficient (Wildman–Crippen LogP) is 20.3. The maximum absolute atomic E-state index is 13.0. The number of phosphoric ester groups is 2. The molecule has 96 heavy (non-hydrogen) atoms. The summed E-state index contributed by atoms with van der Waals surface area (Å²) in [5.74, 6) is -2.32. The number of carbonyl (C=O) groups excluding carboxylic acids is 4. The monoisotopic (exact) mass is 1380 g/mol. The number of allylic oxidation sites excluding steroid dienone is 24. The third-order valence-electron chi connectivity index (χ3n) is 14.2. The summed E-state index contributed by atoms with van der Waals surface area (Å²) in [6.07, 6.45) is 75.8. The van der Waals surface area contributed by atoms with E-state index in [1.807, 2.05) is 0 Å². The minimum atomic E-state index is -4.99. The van der Waals surface area contributed by atoms with Crippen molar-refractivity contribution in [3.8, 4) is 0 Å². The molecular formula is C77H126O17P2. The molecule has 546 valence electrons. The van der Waals surface area contributed by atoms with Crippen LogP contribution in [0.25, 0.3) is 0 Å². The molecule has 0 aliphatic rings. The van der Waals surface area contributed by atoms with E-state index in [0.717, 1.165) is 180 Å². The van der Waals surface area contributed by atoms with Crippen molar-refractivity contribution in [1.82, 2.24) is 0 Å². The van der Waals surface area contributed by atoms with E-state index in [0.29, 0.717) is 25.7 Å². The van der Waals surface area contributed by atoms with E-state index in [4.69, 9.17) is 37.0 Å². The maximum Gasteiger partial charge on any atom is 0.472 e. The van der Waals surface area contributed by atoms with Crippen molar-refractivity contribution in [2.75, 3.05) is 39.6 Å². The van der Waals surface area contributed by atoms with Crippen LogP contribution in [0, 0.1) is 0 Å². The lowest BCUT2D eigenvalue weighted by molar-refractivity contribution is -0.161. The molecule has 0 heterocycles. The molecule has 0 aromatic carbocycles. The van der Waals surface area contributed by atoms with Crippen LogP contribution in [0.5, 0.6) is 0 Å². The smallest absolute Gasteiger partial charge is 0.462 e. The zero-order valence-electron chi connectivity index (χ0n) is 59.2. The molecule has 0 aliphatic carbocycles. The van der Waals surface area contributed by atoms with Crippen LogP contribution >= 0.6 is 15.6 Å². The normalized spacial score (nSPS) is 14.9. The molecule has 0 aromatic heterocycles. The van der Waals surface area contributed by atoms with Gasteiger partial charge < -0.3 is 33.8 Å². The summed E-state index contributed by atoms with van der Waals surface area (Å²) in [6.45, 7) is 4.34. The van der Waals surface area contributed by atoms with E-state index in [9.17, 15) is 43.2 Å². The van der Waals surface area contributed by atoms with Gasteiger partial charge in [0.25, 0.3) is 0 Å². The zero-order valence-corrected chi connectivity index (χ0v) is 61.0. The highest BCUT2D eigenvalue weighted by Crippen LogP contribution is 2.45. The van der Waals surface area contributed by atoms with Gasteiger partial charge in [-0.05, 0) is 154 Å². The van der Waals surface area contributed by atoms with Crippen LogP contribution in [0.1, 0.15) is 259 Å². The number of aliphatic hydroxyl groups excluding tert-OH is 1. The Morgan fingerprint density at radius 2 is 0.542 bits per heavy atom. The fraction of sp³-hybridized carbons (Fsp3) is 0.636. The molecule has 0 amide bonds. The number of esters is 4. The second-order valence-corrected chi connectivity index (χ2v) is 26.3. The summed E-state index contributed by atoms with van der Waals surface area (Å²) in [4.78, 5) is 72.7. The van der Waals surface area contributed by atoms with Crippen LogP contribution in [0.15, 0.2) is 146 Å². The number of phosphoric acid groups is 2. The van der Waals surface area contributed by atoms with Gasteiger partial charge in [-0.15, -0.1) is 0 Å². The highest BCUT2D eigenvalue weighted by molar-refractivity contribution is 7.47. The van der Waals surface area contributed by atoms with E-state index >= 15 is 0 Å². The highest BCUT2D eigenvalue weighted by Gasteiger charge is 2.30. The maximum atomic E-state index is 13.0. The molecular weight excluding hydrogens is 1260 g/mol. The first-order chi connectivity index (χ1) is 46.7. The molecule has 0 bridgehead atoms. The Bertz CT molecular complexity index is 2240. The van der Waals surface area contributed by atoms with Crippen LogP contribution < -0.4 is 0 Å². The van der Waals surface area contributed by atoms with E-state index in [-0.39, 0.29) is 25.7 Å². The number of carbonyl (C=O) groups is 4. The molecule has 4 atom stereocenters. The van der Waals surface area contributed by atoms with Gasteiger partial charge >= 0.3 is 39.5 Å². The Balaban J connectivity index is 5.44. The fourth-order valence-electron chi connectivity index (χ4n) is 8.80. The average Bonchev–Trinajstić information content (AvgIpc) is 1.14. The third-order valence-corrected chi connectivity index (χ3v) is 16.1. The SMILES string of the molecule is CC/C=C\C/C=C\C/C=C\C/C=C\CCCCC(=O)OCC(COP(=O)(O)OCC(O)COP(=O)(O)OCC(COC(=O)CCCC/C=C\C/C=C\C/C=C\C/C=C\CC)OC(=O)CCCCCCC/C=C\C/C=C\CCC)OC(=O)CCCCCCC/C=C\C/C=C\CCC. The second kappa shape index (κ2) is 68.5. The van der Waals surface area contributed by atoms with E-state index in [2.05, 4.69) is 174 Å². The van der Waals surface area contributed by atoms with Crippen molar-refractivity contribution in [2.45, 2.75) is 277 Å². The molecule has 0 aromatic rings. The largest absolute Gasteiger partial charge is 0.472 e. The zero-order chi connectivity index (χ0) is 70.4. The van der Waals surface area contributed by atoms with Crippen molar-refractivity contribution in [3.05, 3.63) is 146 Å². The summed E-state index contributed by atoms with van der Waals surface area (Å²) < 4.78 is 68.2. The van der Waals surface area contributed by atoms with Crippen molar-refractivity contribution < 1.29 is 80.2 Å². The van der Waals surface area contributed by atoms with Gasteiger partial charge in [0.15, 0.2) is 12.2 Å². The van der Waals surface area contributed by atoms with Crippen LogP contribution in [-0.4, -0.2) is 96.7 Å². The molecule has 17 nitrogen and oxygen atoms in total. The first kappa shape index (κ1) is 90.9. The number of unbranched alkanes of at least 4 members (excludes halogenated alkanes) is 16. The van der Waals surface area contributed by atoms with Gasteiger partial charge in [-0.3, -0.25) is 37.3 Å². The molecule has 0 spiro atoms. The summed E-state index contributed by atoms with van der Waals surface area (Å²) in [5, 5.41) is 10.6. The number of hydrogen-bond acceptors (Lipinski definition) is 15. The first-order valence-corrected chi connectivity index (χ1v) is 39.1. The lowest BCUT2D eigenvalue weighted by Crippen LogP contribution is -2.30. The quantitative estimate of drug-likeness (QED) is 0.0169. The van der Waals surface area contributed by atoms with Gasteiger partial charge in [-0.2, -0.15) is 0 Å². The Hall–Kier alpha value is -5.06. The van der Waals surface area contributed by atoms with Crippen molar-refractivity contribution >= 4 is 39.5 Å². The van der Waals surface area contributed by atoms with Crippen LogP contribution in [-0.2, 0) is 65.4 Å². The number of ether oxygens (including phenoxy) is 4. The number of hydrogen-bond donors (Lipinski definition) is 3. The lowest BCUT2D eigenvalue weighted by atomic mass is 10.1. The van der Waals surface area contributed by atoms with Gasteiger partial charge in [0.2, 0.25) is 0 Å². The topological polar surface area (TPSA) is 237 Å². The molecule has 0 fully saturated rings. The third kappa shape index (κ3) is 67.5. The van der Waals surface area contributed by atoms with Gasteiger partial charge in [-0.25, -0.2) is 9.13 Å². The van der Waals surface area contributed by atoms with E-state index in [1.165, 1.54) is 0 Å². The van der Waals surface area contributed by atoms with Crippen LogP contribution in [0.3, 0.4) is 0 Å². The van der Waals surface area contributed by atoms with Gasteiger partial charge in [0.05, 0.1) is 26.4 Å². The Kier molecular flexibility index (Phi) is 64.9. The van der Waals surface area contributed by atoms with Gasteiger partial charge in [0.1, 0.15) is 19.3 Å². The second-order valence-electron chi connectivity index (χ2n) is 23.4. The molecule has 3 N–H and O–H groups in total. The fourth-order valence-corrected chi connectivity index (χ4v) is 10.4. The molecule has 0 radical (unpaired) electrons. The first-order valence-electron chi connectivity index (χ1n) is 36.1.